The van der Waals surface area contributed by atoms with Crippen LogP contribution in [-0.4, -0.2) is 52.8 Å². The maximum absolute atomic E-state index is 12.6. The van der Waals surface area contributed by atoms with Crippen molar-refractivity contribution in [2.75, 3.05) is 26.8 Å². The highest BCUT2D eigenvalue weighted by Crippen LogP contribution is 2.31. The third kappa shape index (κ3) is 2.87. The molecule has 6 heteroatoms. The summed E-state index contributed by atoms with van der Waals surface area (Å²) in [5.74, 6) is 1.93. The van der Waals surface area contributed by atoms with Crippen LogP contribution < -0.4 is 0 Å². The van der Waals surface area contributed by atoms with Crippen LogP contribution in [0, 0.1) is 12.8 Å². The number of methoxy groups -OCH3 is 1. The molecule has 116 valence electrons. The minimum absolute atomic E-state index is 0.0523. The van der Waals surface area contributed by atoms with Crippen molar-refractivity contribution in [1.82, 2.24) is 20.1 Å². The van der Waals surface area contributed by atoms with E-state index in [9.17, 15) is 4.79 Å². The molecular formula is C16H20N4O2. The first-order chi connectivity index (χ1) is 10.7. The van der Waals surface area contributed by atoms with Gasteiger partial charge in [0.1, 0.15) is 5.82 Å². The molecule has 2 aromatic rings. The average Bonchev–Trinajstić information content (AvgIpc) is 3.14. The number of likely N-dealkylation sites (tertiary alicyclic amines) is 1. The van der Waals surface area contributed by atoms with Crippen molar-refractivity contribution in [2.45, 2.75) is 12.8 Å². The molecule has 1 amide bonds. The molecular weight excluding hydrogens is 280 g/mol. The van der Waals surface area contributed by atoms with Gasteiger partial charge in [-0.25, -0.2) is 4.98 Å². The number of nitrogens with one attached hydrogen (secondary N) is 1. The molecule has 1 N–H and O–H groups in total. The molecule has 6 nitrogen and oxygen atoms in total. The van der Waals surface area contributed by atoms with Crippen LogP contribution in [0.1, 0.15) is 27.9 Å². The van der Waals surface area contributed by atoms with E-state index in [-0.39, 0.29) is 17.7 Å². The normalized spacial score (nSPS) is 21.3. The van der Waals surface area contributed by atoms with E-state index < -0.39 is 0 Å². The Morgan fingerprint density at radius 1 is 1.36 bits per heavy atom. The minimum atomic E-state index is 0.0523. The SMILES string of the molecule is COCC1CN(C(=O)c2ccccc2)CC1c1n[nH]c(C)n1. The van der Waals surface area contributed by atoms with Crippen molar-refractivity contribution < 1.29 is 9.53 Å². The fourth-order valence-electron chi connectivity index (χ4n) is 3.00. The van der Waals surface area contributed by atoms with E-state index in [0.29, 0.717) is 25.3 Å². The molecule has 2 unspecified atom stereocenters. The van der Waals surface area contributed by atoms with E-state index in [0.717, 1.165) is 11.6 Å². The standard InChI is InChI=1S/C16H20N4O2/c1-11-17-15(19-18-11)14-9-20(8-13(14)10-22-2)16(21)12-6-4-3-5-7-12/h3-7,13-14H,8-10H2,1-2H3,(H,17,18,19). The monoisotopic (exact) mass is 300 g/mol. The zero-order valence-electron chi connectivity index (χ0n) is 12.8. The zero-order chi connectivity index (χ0) is 15.5. The van der Waals surface area contributed by atoms with Gasteiger partial charge in [-0.2, -0.15) is 5.10 Å². The van der Waals surface area contributed by atoms with E-state index in [4.69, 9.17) is 4.74 Å². The summed E-state index contributed by atoms with van der Waals surface area (Å²) in [6.07, 6.45) is 0. The van der Waals surface area contributed by atoms with Gasteiger partial charge in [0.15, 0.2) is 5.82 Å². The van der Waals surface area contributed by atoms with Crippen LogP contribution in [0.2, 0.25) is 0 Å². The van der Waals surface area contributed by atoms with Gasteiger partial charge in [-0.05, 0) is 19.1 Å². The predicted octanol–water partition coefficient (Wildman–Crippen LogP) is 1.62. The number of hydrogen-bond acceptors (Lipinski definition) is 4. The molecule has 2 atom stereocenters. The molecule has 1 aromatic heterocycles. The summed E-state index contributed by atoms with van der Waals surface area (Å²) in [5.41, 5.74) is 0.713. The maximum atomic E-state index is 12.6. The summed E-state index contributed by atoms with van der Waals surface area (Å²) in [6.45, 7) is 3.76. The number of carbonyl (C=O) groups excluding carboxylic acids is 1. The number of benzene rings is 1. The lowest BCUT2D eigenvalue weighted by Gasteiger charge is -2.16. The Kier molecular flexibility index (Phi) is 4.20. The number of carbonyl (C=O) groups is 1. The lowest BCUT2D eigenvalue weighted by molar-refractivity contribution is 0.0775. The average molecular weight is 300 g/mol. The van der Waals surface area contributed by atoms with E-state index in [2.05, 4.69) is 15.2 Å². The highest BCUT2D eigenvalue weighted by molar-refractivity contribution is 5.94. The van der Waals surface area contributed by atoms with Crippen LogP contribution in [0.3, 0.4) is 0 Å². The molecule has 1 fully saturated rings. The van der Waals surface area contributed by atoms with Crippen molar-refractivity contribution in [1.29, 1.82) is 0 Å². The summed E-state index contributed by atoms with van der Waals surface area (Å²) in [4.78, 5) is 18.9. The first kappa shape index (κ1) is 14.7. The smallest absolute Gasteiger partial charge is 0.253 e. The number of aromatic nitrogens is 3. The van der Waals surface area contributed by atoms with Crippen LogP contribution in [-0.2, 0) is 4.74 Å². The predicted molar refractivity (Wildman–Crippen MR) is 81.6 cm³/mol. The highest BCUT2D eigenvalue weighted by Gasteiger charge is 2.38. The molecule has 1 aromatic carbocycles. The second-order valence-corrected chi connectivity index (χ2v) is 5.68. The fraction of sp³-hybridized carbons (Fsp3) is 0.438. The van der Waals surface area contributed by atoms with Gasteiger partial charge in [0.25, 0.3) is 5.91 Å². The van der Waals surface area contributed by atoms with Gasteiger partial charge in [-0.1, -0.05) is 18.2 Å². The topological polar surface area (TPSA) is 71.1 Å². The van der Waals surface area contributed by atoms with Crippen molar-refractivity contribution in [2.24, 2.45) is 5.92 Å². The number of ether oxygens (including phenoxy) is 1. The van der Waals surface area contributed by atoms with Crippen LogP contribution in [0.15, 0.2) is 30.3 Å². The number of amides is 1. The molecule has 0 aliphatic carbocycles. The van der Waals surface area contributed by atoms with Gasteiger partial charge in [0.05, 0.1) is 6.61 Å². The van der Waals surface area contributed by atoms with Gasteiger partial charge in [-0.15, -0.1) is 0 Å². The van der Waals surface area contributed by atoms with Gasteiger partial charge in [0.2, 0.25) is 0 Å². The van der Waals surface area contributed by atoms with Gasteiger partial charge in [0, 0.05) is 37.6 Å². The van der Waals surface area contributed by atoms with Crippen LogP contribution >= 0.6 is 0 Å². The molecule has 0 saturated carbocycles. The second-order valence-electron chi connectivity index (χ2n) is 5.68. The Bertz CT molecular complexity index is 641. The number of H-pyrrole nitrogens is 1. The van der Waals surface area contributed by atoms with Gasteiger partial charge in [-0.3, -0.25) is 9.89 Å². The third-order valence-electron chi connectivity index (χ3n) is 4.08. The highest BCUT2D eigenvalue weighted by atomic mass is 16.5. The van der Waals surface area contributed by atoms with E-state index >= 15 is 0 Å². The molecule has 0 radical (unpaired) electrons. The summed E-state index contributed by atoms with van der Waals surface area (Å²) < 4.78 is 5.31. The Balaban J connectivity index is 1.79. The quantitative estimate of drug-likeness (QED) is 0.931. The Labute approximate surface area is 129 Å². The molecule has 3 rings (SSSR count). The third-order valence-corrected chi connectivity index (χ3v) is 4.08. The summed E-state index contributed by atoms with van der Waals surface area (Å²) in [6, 6.07) is 9.36. The van der Waals surface area contributed by atoms with Crippen molar-refractivity contribution in [3.8, 4) is 0 Å². The minimum Gasteiger partial charge on any atom is -0.384 e. The van der Waals surface area contributed by atoms with Crippen LogP contribution in [0.5, 0.6) is 0 Å². The van der Waals surface area contributed by atoms with Crippen LogP contribution in [0.4, 0.5) is 0 Å². The summed E-state index contributed by atoms with van der Waals surface area (Å²) in [7, 11) is 1.68. The van der Waals surface area contributed by atoms with Gasteiger partial charge < -0.3 is 9.64 Å². The fourth-order valence-corrected chi connectivity index (χ4v) is 3.00. The van der Waals surface area contributed by atoms with Crippen molar-refractivity contribution in [3.05, 3.63) is 47.5 Å². The van der Waals surface area contributed by atoms with Crippen LogP contribution in [0.25, 0.3) is 0 Å². The zero-order valence-corrected chi connectivity index (χ0v) is 12.8. The molecule has 1 aliphatic rings. The molecule has 2 heterocycles. The summed E-state index contributed by atoms with van der Waals surface area (Å²) in [5, 5.41) is 7.15. The number of nitrogens with zero attached hydrogens (tertiary/aromatic N) is 3. The lowest BCUT2D eigenvalue weighted by Crippen LogP contribution is -2.29. The first-order valence-electron chi connectivity index (χ1n) is 7.41. The van der Waals surface area contributed by atoms with Crippen molar-refractivity contribution >= 4 is 5.91 Å². The van der Waals surface area contributed by atoms with Crippen molar-refractivity contribution in [3.63, 3.8) is 0 Å². The Morgan fingerprint density at radius 2 is 2.14 bits per heavy atom. The number of aromatic amines is 1. The largest absolute Gasteiger partial charge is 0.384 e. The molecule has 0 bridgehead atoms. The second kappa shape index (κ2) is 6.27. The Hall–Kier alpha value is -2.21. The van der Waals surface area contributed by atoms with E-state index in [1.165, 1.54) is 0 Å². The molecule has 22 heavy (non-hydrogen) atoms. The molecule has 1 aliphatic heterocycles. The lowest BCUT2D eigenvalue weighted by atomic mass is 9.96. The number of rotatable bonds is 4. The van der Waals surface area contributed by atoms with E-state index in [1.54, 1.807) is 7.11 Å². The van der Waals surface area contributed by atoms with Gasteiger partial charge >= 0.3 is 0 Å². The summed E-state index contributed by atoms with van der Waals surface area (Å²) >= 11 is 0. The molecule has 0 spiro atoms. The number of hydrogen-bond donors (Lipinski definition) is 1. The molecule has 1 saturated heterocycles. The first-order valence-corrected chi connectivity index (χ1v) is 7.41. The maximum Gasteiger partial charge on any atom is 0.253 e. The number of aryl methyl sites for hydroxylation is 1. The van der Waals surface area contributed by atoms with E-state index in [1.807, 2.05) is 42.2 Å². The Morgan fingerprint density at radius 3 is 2.77 bits per heavy atom.